The minimum Gasteiger partial charge on any atom is -0.348 e. The van der Waals surface area contributed by atoms with Gasteiger partial charge in [0.05, 0.1) is 0 Å². The summed E-state index contributed by atoms with van der Waals surface area (Å²) in [6.07, 6.45) is 3.20. The Morgan fingerprint density at radius 3 is 2.47 bits per heavy atom. The second kappa shape index (κ2) is 6.12. The van der Waals surface area contributed by atoms with Crippen LogP contribution >= 0.6 is 0 Å². The molecule has 0 fully saturated rings. The van der Waals surface area contributed by atoms with E-state index < -0.39 is 27.2 Å². The van der Waals surface area contributed by atoms with Gasteiger partial charge in [-0.3, -0.25) is 9.78 Å². The van der Waals surface area contributed by atoms with Gasteiger partial charge in [0.25, 0.3) is 0 Å². The summed E-state index contributed by atoms with van der Waals surface area (Å²) in [6, 6.07) is 3.07. The molecule has 0 aliphatic rings. The molecule has 0 aliphatic carbocycles. The summed E-state index contributed by atoms with van der Waals surface area (Å²) in [5.41, 5.74) is 0.746. The standard InChI is InChI=1S/C12H19N3O3S/c1-9(11-6-5-7-13-8-11)14-19(17,18)10(2)12(16)15(3)4/h5-10,14H,1-4H3. The summed E-state index contributed by atoms with van der Waals surface area (Å²) in [7, 11) is -0.668. The zero-order chi connectivity index (χ0) is 14.6. The molecule has 106 valence electrons. The largest absolute Gasteiger partial charge is 0.348 e. The highest BCUT2D eigenvalue weighted by molar-refractivity contribution is 7.90. The van der Waals surface area contributed by atoms with E-state index in [9.17, 15) is 13.2 Å². The molecule has 0 bridgehead atoms. The summed E-state index contributed by atoms with van der Waals surface area (Å²) in [5.74, 6) is -0.453. The van der Waals surface area contributed by atoms with Crippen molar-refractivity contribution in [1.29, 1.82) is 0 Å². The zero-order valence-corrected chi connectivity index (χ0v) is 12.3. The minimum atomic E-state index is -3.72. The highest BCUT2D eigenvalue weighted by atomic mass is 32.2. The van der Waals surface area contributed by atoms with Crippen LogP contribution in [0.2, 0.25) is 0 Å². The quantitative estimate of drug-likeness (QED) is 0.856. The molecule has 1 amide bonds. The lowest BCUT2D eigenvalue weighted by molar-refractivity contribution is -0.127. The number of hydrogen-bond acceptors (Lipinski definition) is 4. The van der Waals surface area contributed by atoms with E-state index in [-0.39, 0.29) is 0 Å². The van der Waals surface area contributed by atoms with Gasteiger partial charge in [0, 0.05) is 32.5 Å². The summed E-state index contributed by atoms with van der Waals surface area (Å²) in [6.45, 7) is 3.09. The Labute approximate surface area is 113 Å². The van der Waals surface area contributed by atoms with Crippen molar-refractivity contribution in [3.63, 3.8) is 0 Å². The number of carbonyl (C=O) groups is 1. The number of hydrogen-bond donors (Lipinski definition) is 1. The maximum atomic E-state index is 12.1. The Balaban J connectivity index is 2.83. The van der Waals surface area contributed by atoms with Crippen molar-refractivity contribution in [3.05, 3.63) is 30.1 Å². The number of nitrogens with one attached hydrogen (secondary N) is 1. The van der Waals surface area contributed by atoms with Gasteiger partial charge in [0.2, 0.25) is 15.9 Å². The number of pyridine rings is 1. The fourth-order valence-electron chi connectivity index (χ4n) is 1.54. The molecule has 1 N–H and O–H groups in total. The molecule has 0 radical (unpaired) electrons. The molecule has 19 heavy (non-hydrogen) atoms. The number of aromatic nitrogens is 1. The van der Waals surface area contributed by atoms with E-state index in [1.807, 2.05) is 0 Å². The number of sulfonamides is 1. The third-order valence-corrected chi connectivity index (χ3v) is 4.59. The van der Waals surface area contributed by atoms with Gasteiger partial charge in [-0.05, 0) is 25.5 Å². The lowest BCUT2D eigenvalue weighted by Crippen LogP contribution is -2.43. The Hall–Kier alpha value is -1.47. The molecular formula is C12H19N3O3S. The van der Waals surface area contributed by atoms with Crippen LogP contribution in [-0.4, -0.2) is 43.6 Å². The van der Waals surface area contributed by atoms with E-state index in [1.54, 1.807) is 31.5 Å². The molecule has 0 saturated carbocycles. The van der Waals surface area contributed by atoms with E-state index in [0.717, 1.165) is 5.56 Å². The molecule has 1 rings (SSSR count). The van der Waals surface area contributed by atoms with Gasteiger partial charge in [-0.2, -0.15) is 0 Å². The van der Waals surface area contributed by atoms with Gasteiger partial charge in [-0.1, -0.05) is 6.07 Å². The maximum Gasteiger partial charge on any atom is 0.241 e. The number of amides is 1. The monoisotopic (exact) mass is 285 g/mol. The first kappa shape index (κ1) is 15.6. The van der Waals surface area contributed by atoms with Crippen LogP contribution in [0.5, 0.6) is 0 Å². The van der Waals surface area contributed by atoms with E-state index in [1.165, 1.54) is 25.9 Å². The topological polar surface area (TPSA) is 79.4 Å². The zero-order valence-electron chi connectivity index (χ0n) is 11.5. The number of rotatable bonds is 5. The molecule has 1 aromatic rings. The SMILES string of the molecule is CC(NS(=O)(=O)C(C)C(=O)N(C)C)c1cccnc1. The maximum absolute atomic E-state index is 12.1. The normalized spacial score (nSPS) is 14.7. The van der Waals surface area contributed by atoms with Crippen molar-refractivity contribution in [1.82, 2.24) is 14.6 Å². The highest BCUT2D eigenvalue weighted by Gasteiger charge is 2.30. The van der Waals surface area contributed by atoms with Crippen molar-refractivity contribution in [3.8, 4) is 0 Å². The molecular weight excluding hydrogens is 266 g/mol. The number of carbonyl (C=O) groups excluding carboxylic acids is 1. The molecule has 0 aromatic carbocycles. The van der Waals surface area contributed by atoms with Gasteiger partial charge < -0.3 is 4.90 Å². The Morgan fingerprint density at radius 1 is 1.37 bits per heavy atom. The third kappa shape index (κ3) is 4.00. The van der Waals surface area contributed by atoms with Gasteiger partial charge >= 0.3 is 0 Å². The molecule has 7 heteroatoms. The first-order chi connectivity index (χ1) is 8.75. The first-order valence-electron chi connectivity index (χ1n) is 5.88. The van der Waals surface area contributed by atoms with Gasteiger partial charge in [0.15, 0.2) is 5.25 Å². The van der Waals surface area contributed by atoms with E-state index in [4.69, 9.17) is 0 Å². The van der Waals surface area contributed by atoms with Crippen molar-refractivity contribution in [2.24, 2.45) is 0 Å². The van der Waals surface area contributed by atoms with Gasteiger partial charge in [0.1, 0.15) is 0 Å². The van der Waals surface area contributed by atoms with Crippen molar-refractivity contribution < 1.29 is 13.2 Å². The van der Waals surface area contributed by atoms with Crippen LogP contribution in [0.3, 0.4) is 0 Å². The minimum absolute atomic E-state index is 0.434. The summed E-state index contributed by atoms with van der Waals surface area (Å²) in [4.78, 5) is 16.9. The predicted octanol–water partition coefficient (Wildman–Crippen LogP) is 0.539. The predicted molar refractivity (Wildman–Crippen MR) is 72.9 cm³/mol. The smallest absolute Gasteiger partial charge is 0.241 e. The molecule has 2 unspecified atom stereocenters. The van der Waals surface area contributed by atoms with Crippen molar-refractivity contribution in [2.75, 3.05) is 14.1 Å². The van der Waals surface area contributed by atoms with E-state index in [0.29, 0.717) is 0 Å². The Kier molecular flexibility index (Phi) is 5.02. The van der Waals surface area contributed by atoms with Gasteiger partial charge in [-0.25, -0.2) is 13.1 Å². The van der Waals surface area contributed by atoms with Crippen molar-refractivity contribution in [2.45, 2.75) is 25.1 Å². The second-order valence-corrected chi connectivity index (χ2v) is 6.58. The second-order valence-electron chi connectivity index (χ2n) is 4.55. The van der Waals surface area contributed by atoms with Crippen LogP contribution in [0, 0.1) is 0 Å². The molecule has 2 atom stereocenters. The molecule has 0 spiro atoms. The Bertz CT molecular complexity index is 528. The van der Waals surface area contributed by atoms with Gasteiger partial charge in [-0.15, -0.1) is 0 Å². The third-order valence-electron chi connectivity index (χ3n) is 2.78. The fourth-order valence-corrected chi connectivity index (χ4v) is 2.85. The van der Waals surface area contributed by atoms with Crippen LogP contribution < -0.4 is 4.72 Å². The fraction of sp³-hybridized carbons (Fsp3) is 0.500. The molecule has 0 saturated heterocycles. The summed E-state index contributed by atoms with van der Waals surface area (Å²) < 4.78 is 26.7. The molecule has 1 heterocycles. The molecule has 1 aromatic heterocycles. The average Bonchev–Trinajstić information content (AvgIpc) is 2.37. The van der Waals surface area contributed by atoms with E-state index >= 15 is 0 Å². The van der Waals surface area contributed by atoms with Crippen LogP contribution in [0.25, 0.3) is 0 Å². The summed E-state index contributed by atoms with van der Waals surface area (Å²) in [5, 5.41) is -1.12. The lowest BCUT2D eigenvalue weighted by Gasteiger charge is -2.20. The average molecular weight is 285 g/mol. The first-order valence-corrected chi connectivity index (χ1v) is 7.42. The lowest BCUT2D eigenvalue weighted by atomic mass is 10.2. The van der Waals surface area contributed by atoms with Crippen LogP contribution in [0.15, 0.2) is 24.5 Å². The van der Waals surface area contributed by atoms with Crippen LogP contribution in [0.1, 0.15) is 25.5 Å². The summed E-state index contributed by atoms with van der Waals surface area (Å²) >= 11 is 0. The Morgan fingerprint density at radius 2 is 2.00 bits per heavy atom. The van der Waals surface area contributed by atoms with Crippen molar-refractivity contribution >= 4 is 15.9 Å². The molecule has 6 nitrogen and oxygen atoms in total. The number of nitrogens with zero attached hydrogens (tertiary/aromatic N) is 2. The van der Waals surface area contributed by atoms with Crippen LogP contribution in [0.4, 0.5) is 0 Å². The highest BCUT2D eigenvalue weighted by Crippen LogP contribution is 2.13. The van der Waals surface area contributed by atoms with Crippen LogP contribution in [-0.2, 0) is 14.8 Å². The molecule has 0 aliphatic heterocycles. The van der Waals surface area contributed by atoms with E-state index in [2.05, 4.69) is 9.71 Å².